The van der Waals surface area contributed by atoms with Gasteiger partial charge in [0.05, 0.1) is 11.1 Å². The van der Waals surface area contributed by atoms with Crippen LogP contribution in [0.15, 0.2) is 41.8 Å². The largest absolute Gasteiger partial charge is 0.387 e. The normalized spacial score (nSPS) is 12.6. The topological polar surface area (TPSA) is 32.3 Å². The Bertz CT molecular complexity index is 457. The minimum Gasteiger partial charge on any atom is -0.387 e. The van der Waals surface area contributed by atoms with E-state index in [1.54, 1.807) is 11.3 Å². The van der Waals surface area contributed by atoms with Gasteiger partial charge < -0.3 is 10.4 Å². The van der Waals surface area contributed by atoms with Crippen molar-refractivity contribution in [3.8, 4) is 0 Å². The van der Waals surface area contributed by atoms with Crippen LogP contribution in [0, 0.1) is 0 Å². The van der Waals surface area contributed by atoms with Crippen molar-refractivity contribution in [2.75, 3.05) is 6.54 Å². The molecule has 1 unspecified atom stereocenters. The summed E-state index contributed by atoms with van der Waals surface area (Å²) in [4.78, 5) is 1.18. The van der Waals surface area contributed by atoms with E-state index in [9.17, 15) is 5.11 Å². The molecule has 2 N–H and O–H groups in total. The lowest BCUT2D eigenvalue weighted by Gasteiger charge is -2.11. The van der Waals surface area contributed by atoms with Crippen molar-refractivity contribution in [2.45, 2.75) is 12.6 Å². The van der Waals surface area contributed by atoms with Crippen LogP contribution in [0.25, 0.3) is 0 Å². The van der Waals surface area contributed by atoms with E-state index in [1.165, 1.54) is 4.88 Å². The molecule has 2 rings (SSSR count). The lowest BCUT2D eigenvalue weighted by Crippen LogP contribution is -2.20. The number of halogens is 1. The summed E-state index contributed by atoms with van der Waals surface area (Å²) < 4.78 is 0. The summed E-state index contributed by atoms with van der Waals surface area (Å²) in [5.41, 5.74) is 0.934. The van der Waals surface area contributed by atoms with Gasteiger partial charge in [0.2, 0.25) is 0 Å². The molecule has 1 aromatic carbocycles. The van der Waals surface area contributed by atoms with E-state index in [2.05, 4.69) is 5.32 Å². The zero-order valence-corrected chi connectivity index (χ0v) is 10.8. The first-order valence-corrected chi connectivity index (χ1v) is 6.68. The van der Waals surface area contributed by atoms with Gasteiger partial charge in [-0.2, -0.15) is 0 Å². The van der Waals surface area contributed by atoms with Crippen LogP contribution in [0.4, 0.5) is 0 Å². The molecule has 0 aliphatic carbocycles. The van der Waals surface area contributed by atoms with Gasteiger partial charge in [0.15, 0.2) is 0 Å². The van der Waals surface area contributed by atoms with Crippen molar-refractivity contribution >= 4 is 22.9 Å². The standard InChI is InChI=1S/C13H14ClNOS/c14-11-6-12(17-9-11)7-15-8-13(16)10-4-2-1-3-5-10/h1-6,9,13,15-16H,7-8H2. The van der Waals surface area contributed by atoms with Crippen LogP contribution in [-0.2, 0) is 6.54 Å². The number of hydrogen-bond donors (Lipinski definition) is 2. The minimum absolute atomic E-state index is 0.466. The van der Waals surface area contributed by atoms with Crippen molar-refractivity contribution in [3.05, 3.63) is 57.2 Å². The summed E-state index contributed by atoms with van der Waals surface area (Å²) in [5, 5.41) is 15.8. The molecular weight excluding hydrogens is 254 g/mol. The van der Waals surface area contributed by atoms with Gasteiger partial charge in [-0.05, 0) is 11.6 Å². The first kappa shape index (κ1) is 12.6. The molecule has 0 aliphatic rings. The zero-order valence-electron chi connectivity index (χ0n) is 9.27. The second-order valence-electron chi connectivity index (χ2n) is 3.79. The molecule has 4 heteroatoms. The number of thiophene rings is 1. The van der Waals surface area contributed by atoms with Crippen LogP contribution in [0.2, 0.25) is 5.02 Å². The molecule has 0 saturated heterocycles. The van der Waals surface area contributed by atoms with E-state index >= 15 is 0 Å². The Morgan fingerprint density at radius 3 is 2.71 bits per heavy atom. The van der Waals surface area contributed by atoms with Gasteiger partial charge in [-0.1, -0.05) is 41.9 Å². The molecule has 2 aromatic rings. The maximum Gasteiger partial charge on any atom is 0.0914 e. The highest BCUT2D eigenvalue weighted by Crippen LogP contribution is 2.19. The van der Waals surface area contributed by atoms with E-state index in [0.29, 0.717) is 6.54 Å². The van der Waals surface area contributed by atoms with Crippen LogP contribution >= 0.6 is 22.9 Å². The Kier molecular flexibility index (Phi) is 4.57. The fourth-order valence-electron chi connectivity index (χ4n) is 1.57. The van der Waals surface area contributed by atoms with Crippen molar-refractivity contribution in [2.24, 2.45) is 0 Å². The fraction of sp³-hybridized carbons (Fsp3) is 0.231. The lowest BCUT2D eigenvalue weighted by molar-refractivity contribution is 0.174. The van der Waals surface area contributed by atoms with Crippen molar-refractivity contribution in [1.82, 2.24) is 5.32 Å². The molecule has 1 aromatic heterocycles. The quantitative estimate of drug-likeness (QED) is 0.872. The van der Waals surface area contributed by atoms with Gasteiger partial charge in [0.25, 0.3) is 0 Å². The van der Waals surface area contributed by atoms with Gasteiger partial charge >= 0.3 is 0 Å². The van der Waals surface area contributed by atoms with E-state index in [4.69, 9.17) is 11.6 Å². The highest BCUT2D eigenvalue weighted by molar-refractivity contribution is 7.10. The van der Waals surface area contributed by atoms with Gasteiger partial charge in [-0.3, -0.25) is 0 Å². The van der Waals surface area contributed by atoms with E-state index < -0.39 is 6.10 Å². The highest BCUT2D eigenvalue weighted by Gasteiger charge is 2.06. The summed E-state index contributed by atoms with van der Waals surface area (Å²) in [7, 11) is 0. The molecule has 1 heterocycles. The highest BCUT2D eigenvalue weighted by atomic mass is 35.5. The average molecular weight is 268 g/mol. The second-order valence-corrected chi connectivity index (χ2v) is 5.22. The zero-order chi connectivity index (χ0) is 12.1. The van der Waals surface area contributed by atoms with Crippen molar-refractivity contribution in [1.29, 1.82) is 0 Å². The number of nitrogens with one attached hydrogen (secondary N) is 1. The van der Waals surface area contributed by atoms with Crippen molar-refractivity contribution < 1.29 is 5.11 Å². The Morgan fingerprint density at radius 1 is 1.29 bits per heavy atom. The number of aliphatic hydroxyl groups excluding tert-OH is 1. The molecule has 90 valence electrons. The molecule has 0 fully saturated rings. The third kappa shape index (κ3) is 3.82. The van der Waals surface area contributed by atoms with E-state index in [1.807, 2.05) is 41.8 Å². The predicted octanol–water partition coefficient (Wildman–Crippen LogP) is 3.22. The summed E-state index contributed by atoms with van der Waals surface area (Å²) in [6.07, 6.45) is -0.466. The first-order chi connectivity index (χ1) is 8.25. The van der Waals surface area contributed by atoms with Crippen LogP contribution in [-0.4, -0.2) is 11.7 Å². The minimum atomic E-state index is -0.466. The number of benzene rings is 1. The Morgan fingerprint density at radius 2 is 2.06 bits per heavy atom. The summed E-state index contributed by atoms with van der Waals surface area (Å²) >= 11 is 7.45. The molecule has 0 saturated carbocycles. The maximum atomic E-state index is 9.92. The lowest BCUT2D eigenvalue weighted by atomic mass is 10.1. The molecule has 0 aliphatic heterocycles. The number of aliphatic hydroxyl groups is 1. The molecule has 0 bridgehead atoms. The monoisotopic (exact) mass is 267 g/mol. The predicted molar refractivity (Wildman–Crippen MR) is 72.4 cm³/mol. The van der Waals surface area contributed by atoms with Crippen LogP contribution < -0.4 is 5.32 Å². The average Bonchev–Trinajstić information content (AvgIpc) is 2.76. The van der Waals surface area contributed by atoms with E-state index in [-0.39, 0.29) is 0 Å². The smallest absolute Gasteiger partial charge is 0.0914 e. The second kappa shape index (κ2) is 6.17. The Hall–Kier alpha value is -0.870. The summed E-state index contributed by atoms with van der Waals surface area (Å²) in [6.45, 7) is 1.28. The molecule has 2 nitrogen and oxygen atoms in total. The molecule has 17 heavy (non-hydrogen) atoms. The Balaban J connectivity index is 1.79. The Labute approximate surface area is 110 Å². The van der Waals surface area contributed by atoms with Gasteiger partial charge in [0, 0.05) is 23.3 Å². The molecule has 0 amide bonds. The van der Waals surface area contributed by atoms with Gasteiger partial charge in [-0.15, -0.1) is 11.3 Å². The fourth-order valence-corrected chi connectivity index (χ4v) is 2.61. The van der Waals surface area contributed by atoms with Crippen LogP contribution in [0.5, 0.6) is 0 Å². The maximum absolute atomic E-state index is 9.92. The summed E-state index contributed by atoms with van der Waals surface area (Å²) in [6, 6.07) is 11.6. The molecular formula is C13H14ClNOS. The van der Waals surface area contributed by atoms with Gasteiger partial charge in [0.1, 0.15) is 0 Å². The third-order valence-corrected chi connectivity index (χ3v) is 3.73. The van der Waals surface area contributed by atoms with Crippen LogP contribution in [0.1, 0.15) is 16.5 Å². The van der Waals surface area contributed by atoms with Gasteiger partial charge in [-0.25, -0.2) is 0 Å². The SMILES string of the molecule is OC(CNCc1cc(Cl)cs1)c1ccccc1. The first-order valence-electron chi connectivity index (χ1n) is 5.42. The number of hydrogen-bond acceptors (Lipinski definition) is 3. The molecule has 1 atom stereocenters. The van der Waals surface area contributed by atoms with Crippen LogP contribution in [0.3, 0.4) is 0 Å². The van der Waals surface area contributed by atoms with E-state index in [0.717, 1.165) is 17.1 Å². The summed E-state index contributed by atoms with van der Waals surface area (Å²) in [5.74, 6) is 0. The van der Waals surface area contributed by atoms with Crippen molar-refractivity contribution in [3.63, 3.8) is 0 Å². The number of rotatable bonds is 5. The molecule has 0 spiro atoms. The molecule has 0 radical (unpaired) electrons. The third-order valence-electron chi connectivity index (χ3n) is 2.44.